The fourth-order valence-corrected chi connectivity index (χ4v) is 1.73. The summed E-state index contributed by atoms with van der Waals surface area (Å²) in [6, 6.07) is 0. The first kappa shape index (κ1) is 6.85. The van der Waals surface area contributed by atoms with E-state index in [4.69, 9.17) is 0 Å². The van der Waals surface area contributed by atoms with Gasteiger partial charge in [0.1, 0.15) is 0 Å². The zero-order chi connectivity index (χ0) is 6.85. The summed E-state index contributed by atoms with van der Waals surface area (Å²) in [6.45, 7) is 6.86. The molecule has 1 aliphatic rings. The van der Waals surface area contributed by atoms with Crippen molar-refractivity contribution >= 4 is 0 Å². The Morgan fingerprint density at radius 2 is 2.22 bits per heavy atom. The van der Waals surface area contributed by atoms with Crippen LogP contribution in [0, 0.1) is 5.92 Å². The Morgan fingerprint density at radius 3 is 2.44 bits per heavy atom. The quantitative estimate of drug-likeness (QED) is 0.496. The average molecular weight is 124 g/mol. The van der Waals surface area contributed by atoms with Crippen LogP contribution in [-0.2, 0) is 0 Å². The van der Waals surface area contributed by atoms with Crippen LogP contribution < -0.4 is 0 Å². The van der Waals surface area contributed by atoms with Crippen molar-refractivity contribution in [1.29, 1.82) is 0 Å². The van der Waals surface area contributed by atoms with Gasteiger partial charge in [0.15, 0.2) is 0 Å². The molecule has 0 N–H and O–H groups in total. The molecule has 0 aromatic heterocycles. The Kier molecular flexibility index (Phi) is 1.94. The highest BCUT2D eigenvalue weighted by molar-refractivity contribution is 5.25. The third kappa shape index (κ3) is 1.17. The topological polar surface area (TPSA) is 0 Å². The molecule has 52 valence electrons. The molecule has 9 heavy (non-hydrogen) atoms. The van der Waals surface area contributed by atoms with Crippen LogP contribution in [0.4, 0.5) is 0 Å². The smallest absolute Gasteiger partial charge is 0.0192 e. The van der Waals surface area contributed by atoms with Gasteiger partial charge in [0.2, 0.25) is 0 Å². The van der Waals surface area contributed by atoms with E-state index in [-0.39, 0.29) is 0 Å². The van der Waals surface area contributed by atoms with Crippen molar-refractivity contribution in [2.75, 3.05) is 0 Å². The van der Waals surface area contributed by atoms with Crippen LogP contribution >= 0.6 is 0 Å². The van der Waals surface area contributed by atoms with E-state index in [1.54, 1.807) is 11.1 Å². The molecule has 0 heterocycles. The predicted octanol–water partition coefficient (Wildman–Crippen LogP) is 3.14. The molecule has 1 rings (SSSR count). The summed E-state index contributed by atoms with van der Waals surface area (Å²) >= 11 is 0. The Labute approximate surface area is 58.0 Å². The van der Waals surface area contributed by atoms with Crippen LogP contribution in [0.3, 0.4) is 0 Å². The maximum atomic E-state index is 2.33. The van der Waals surface area contributed by atoms with Crippen molar-refractivity contribution in [1.82, 2.24) is 0 Å². The van der Waals surface area contributed by atoms with Gasteiger partial charge < -0.3 is 0 Å². The Hall–Kier alpha value is -0.260. The van der Waals surface area contributed by atoms with Gasteiger partial charge in [0.25, 0.3) is 0 Å². The summed E-state index contributed by atoms with van der Waals surface area (Å²) < 4.78 is 0. The Morgan fingerprint density at radius 1 is 1.56 bits per heavy atom. The van der Waals surface area contributed by atoms with Crippen LogP contribution in [-0.4, -0.2) is 0 Å². The Balaban J connectivity index is 2.47. The van der Waals surface area contributed by atoms with Crippen molar-refractivity contribution in [3.05, 3.63) is 11.1 Å². The average Bonchev–Trinajstić information content (AvgIpc) is 1.84. The van der Waals surface area contributed by atoms with E-state index in [0.717, 1.165) is 5.92 Å². The normalized spacial score (nSPS) is 26.3. The van der Waals surface area contributed by atoms with Crippen molar-refractivity contribution in [2.45, 2.75) is 40.0 Å². The second kappa shape index (κ2) is 2.55. The molecular weight excluding hydrogens is 108 g/mol. The molecule has 0 spiro atoms. The van der Waals surface area contributed by atoms with E-state index in [9.17, 15) is 0 Å². The number of hydrogen-bond donors (Lipinski definition) is 0. The maximum absolute atomic E-state index is 2.33. The van der Waals surface area contributed by atoms with Gasteiger partial charge in [-0.2, -0.15) is 0 Å². The SMILES string of the molecule is CCCC1=C(C)CC1C. The molecule has 0 aromatic rings. The minimum Gasteiger partial charge on any atom is -0.0733 e. The van der Waals surface area contributed by atoms with Crippen LogP contribution in [0.1, 0.15) is 40.0 Å². The van der Waals surface area contributed by atoms with Crippen LogP contribution in [0.25, 0.3) is 0 Å². The van der Waals surface area contributed by atoms with E-state index in [1.165, 1.54) is 19.3 Å². The van der Waals surface area contributed by atoms with E-state index in [2.05, 4.69) is 20.8 Å². The van der Waals surface area contributed by atoms with Gasteiger partial charge in [-0.1, -0.05) is 31.4 Å². The molecule has 0 fully saturated rings. The fourth-order valence-electron chi connectivity index (χ4n) is 1.73. The number of rotatable bonds is 2. The van der Waals surface area contributed by atoms with Crippen molar-refractivity contribution in [2.24, 2.45) is 5.92 Å². The monoisotopic (exact) mass is 124 g/mol. The third-order valence-corrected chi connectivity index (χ3v) is 2.27. The van der Waals surface area contributed by atoms with Crippen LogP contribution in [0.15, 0.2) is 11.1 Å². The lowest BCUT2D eigenvalue weighted by atomic mass is 9.77. The molecule has 0 radical (unpaired) electrons. The lowest BCUT2D eigenvalue weighted by Gasteiger charge is -2.28. The number of hydrogen-bond acceptors (Lipinski definition) is 0. The summed E-state index contributed by atoms with van der Waals surface area (Å²) in [7, 11) is 0. The molecule has 0 amide bonds. The lowest BCUT2D eigenvalue weighted by Crippen LogP contribution is -2.13. The Bertz CT molecular complexity index is 131. The summed E-state index contributed by atoms with van der Waals surface area (Å²) in [4.78, 5) is 0. The van der Waals surface area contributed by atoms with Gasteiger partial charge in [-0.3, -0.25) is 0 Å². The molecule has 0 aromatic carbocycles. The first-order chi connectivity index (χ1) is 4.25. The van der Waals surface area contributed by atoms with Gasteiger partial charge in [-0.25, -0.2) is 0 Å². The fraction of sp³-hybridized carbons (Fsp3) is 0.778. The van der Waals surface area contributed by atoms with Crippen molar-refractivity contribution in [3.63, 3.8) is 0 Å². The highest BCUT2D eigenvalue weighted by atomic mass is 14.3. The predicted molar refractivity (Wildman–Crippen MR) is 41.4 cm³/mol. The van der Waals surface area contributed by atoms with Gasteiger partial charge in [-0.05, 0) is 25.7 Å². The molecule has 1 atom stereocenters. The summed E-state index contributed by atoms with van der Waals surface area (Å²) in [6.07, 6.45) is 4.01. The molecule has 1 unspecified atom stereocenters. The highest BCUT2D eigenvalue weighted by Gasteiger charge is 2.20. The zero-order valence-electron chi connectivity index (χ0n) is 6.70. The summed E-state index contributed by atoms with van der Waals surface area (Å²) in [5, 5.41) is 0. The van der Waals surface area contributed by atoms with Gasteiger partial charge >= 0.3 is 0 Å². The first-order valence-electron chi connectivity index (χ1n) is 3.94. The van der Waals surface area contributed by atoms with E-state index < -0.39 is 0 Å². The standard InChI is InChI=1S/C9H16/c1-4-5-9-7(2)6-8(9)3/h7H,4-6H2,1-3H3. The molecule has 0 saturated carbocycles. The molecule has 0 nitrogen and oxygen atoms in total. The molecule has 0 aliphatic heterocycles. The van der Waals surface area contributed by atoms with Gasteiger partial charge in [0.05, 0.1) is 0 Å². The molecule has 0 saturated heterocycles. The second-order valence-electron chi connectivity index (χ2n) is 3.16. The largest absolute Gasteiger partial charge is 0.0733 e. The molecule has 1 aliphatic carbocycles. The molecular formula is C9H16. The minimum absolute atomic E-state index is 0.907. The van der Waals surface area contributed by atoms with Crippen molar-refractivity contribution in [3.8, 4) is 0 Å². The third-order valence-electron chi connectivity index (χ3n) is 2.27. The van der Waals surface area contributed by atoms with Crippen LogP contribution in [0.5, 0.6) is 0 Å². The zero-order valence-corrected chi connectivity index (χ0v) is 6.70. The van der Waals surface area contributed by atoms with E-state index in [1.807, 2.05) is 0 Å². The van der Waals surface area contributed by atoms with Crippen LogP contribution in [0.2, 0.25) is 0 Å². The highest BCUT2D eigenvalue weighted by Crippen LogP contribution is 2.36. The lowest BCUT2D eigenvalue weighted by molar-refractivity contribution is 0.547. The second-order valence-corrected chi connectivity index (χ2v) is 3.16. The molecule has 0 bridgehead atoms. The van der Waals surface area contributed by atoms with Gasteiger partial charge in [0, 0.05) is 0 Å². The number of allylic oxidation sites excluding steroid dienone is 2. The van der Waals surface area contributed by atoms with Gasteiger partial charge in [-0.15, -0.1) is 0 Å². The van der Waals surface area contributed by atoms with Crippen molar-refractivity contribution < 1.29 is 0 Å². The molecule has 0 heteroatoms. The van der Waals surface area contributed by atoms with E-state index >= 15 is 0 Å². The maximum Gasteiger partial charge on any atom is -0.0192 e. The first-order valence-corrected chi connectivity index (χ1v) is 3.94. The minimum atomic E-state index is 0.907. The van der Waals surface area contributed by atoms with E-state index in [0.29, 0.717) is 0 Å². The summed E-state index contributed by atoms with van der Waals surface area (Å²) in [5.74, 6) is 0.907. The summed E-state index contributed by atoms with van der Waals surface area (Å²) in [5.41, 5.74) is 3.39.